The predicted molar refractivity (Wildman–Crippen MR) is 75.6 cm³/mol. The number of fused-ring (bicyclic) bond motifs is 1. The van der Waals surface area contributed by atoms with Crippen molar-refractivity contribution in [3.05, 3.63) is 35.2 Å². The van der Waals surface area contributed by atoms with E-state index in [9.17, 15) is 4.79 Å². The van der Waals surface area contributed by atoms with E-state index >= 15 is 0 Å². The van der Waals surface area contributed by atoms with Gasteiger partial charge in [0.2, 0.25) is 5.91 Å². The monoisotopic (exact) mass is 293 g/mol. The maximum Gasteiger partial charge on any atom is 0.222 e. The maximum atomic E-state index is 11.8. The minimum Gasteiger partial charge on any atom is -0.378 e. The number of ether oxygens (including phenoxy) is 1. The van der Waals surface area contributed by atoms with Gasteiger partial charge in [0.25, 0.3) is 0 Å². The van der Waals surface area contributed by atoms with Gasteiger partial charge in [0.15, 0.2) is 0 Å². The van der Waals surface area contributed by atoms with Gasteiger partial charge in [0.05, 0.1) is 24.8 Å². The number of halogens is 1. The van der Waals surface area contributed by atoms with Crippen molar-refractivity contribution < 1.29 is 9.53 Å². The molecular weight excluding hydrogens is 278 g/mol. The second-order valence-corrected chi connectivity index (χ2v) is 5.25. The number of aromatic nitrogens is 2. The minimum absolute atomic E-state index is 0.0231. The summed E-state index contributed by atoms with van der Waals surface area (Å²) in [6.07, 6.45) is 4.32. The Labute approximate surface area is 121 Å². The smallest absolute Gasteiger partial charge is 0.222 e. The first-order chi connectivity index (χ1) is 9.74. The van der Waals surface area contributed by atoms with Crippen LogP contribution in [-0.2, 0) is 16.1 Å². The number of amides is 1. The molecule has 0 saturated carbocycles. The quantitative estimate of drug-likeness (QED) is 0.940. The fraction of sp³-hybridized carbons (Fsp3) is 0.429. The summed E-state index contributed by atoms with van der Waals surface area (Å²) in [6.45, 7) is 1.10. The molecule has 0 bridgehead atoms. The Morgan fingerprint density at radius 1 is 1.55 bits per heavy atom. The van der Waals surface area contributed by atoms with Gasteiger partial charge in [-0.25, -0.2) is 4.98 Å². The van der Waals surface area contributed by atoms with Gasteiger partial charge in [-0.05, 0) is 25.0 Å². The summed E-state index contributed by atoms with van der Waals surface area (Å²) in [5.74, 6) is -0.0231. The van der Waals surface area contributed by atoms with Gasteiger partial charge in [-0.1, -0.05) is 17.7 Å². The van der Waals surface area contributed by atoms with Gasteiger partial charge in [-0.15, -0.1) is 0 Å². The van der Waals surface area contributed by atoms with E-state index in [2.05, 4.69) is 10.3 Å². The van der Waals surface area contributed by atoms with Crippen LogP contribution in [0.1, 0.15) is 25.0 Å². The van der Waals surface area contributed by atoms with Gasteiger partial charge in [0, 0.05) is 12.8 Å². The molecule has 1 fully saturated rings. The summed E-state index contributed by atoms with van der Waals surface area (Å²) in [5, 5.41) is 3.39. The second kappa shape index (κ2) is 5.81. The Balaban J connectivity index is 1.61. The van der Waals surface area contributed by atoms with E-state index in [0.29, 0.717) is 23.8 Å². The molecule has 1 aliphatic rings. The molecule has 20 heavy (non-hydrogen) atoms. The molecule has 3 rings (SSSR count). The summed E-state index contributed by atoms with van der Waals surface area (Å²) in [7, 11) is 0. The van der Waals surface area contributed by atoms with Gasteiger partial charge < -0.3 is 10.1 Å². The summed E-state index contributed by atoms with van der Waals surface area (Å²) < 4.78 is 7.24. The lowest BCUT2D eigenvalue weighted by molar-refractivity contribution is -0.123. The van der Waals surface area contributed by atoms with E-state index in [1.54, 1.807) is 4.40 Å². The largest absolute Gasteiger partial charge is 0.378 e. The van der Waals surface area contributed by atoms with Crippen LogP contribution in [0, 0.1) is 0 Å². The summed E-state index contributed by atoms with van der Waals surface area (Å²) >= 11 is 6.24. The lowest BCUT2D eigenvalue weighted by Crippen LogP contribution is -2.27. The van der Waals surface area contributed by atoms with Crippen LogP contribution in [-0.4, -0.2) is 28.0 Å². The van der Waals surface area contributed by atoms with E-state index in [1.165, 1.54) is 0 Å². The maximum absolute atomic E-state index is 11.8. The van der Waals surface area contributed by atoms with Gasteiger partial charge in [0.1, 0.15) is 10.8 Å². The highest BCUT2D eigenvalue weighted by Gasteiger charge is 2.19. The third-order valence-electron chi connectivity index (χ3n) is 3.43. The van der Waals surface area contributed by atoms with Crippen molar-refractivity contribution in [3.63, 3.8) is 0 Å². The molecule has 0 spiro atoms. The van der Waals surface area contributed by atoms with Crippen molar-refractivity contribution >= 4 is 23.2 Å². The molecular formula is C14H16ClN3O2. The standard InChI is InChI=1S/C14H16ClN3O2/c15-14-11(17-12-5-1-2-6-18(12)14)9-16-13(19)8-10-4-3-7-20-10/h1-2,5-6,10H,3-4,7-9H2,(H,16,19). The summed E-state index contributed by atoms with van der Waals surface area (Å²) in [4.78, 5) is 16.2. The topological polar surface area (TPSA) is 55.6 Å². The van der Waals surface area contributed by atoms with Crippen molar-refractivity contribution in [3.8, 4) is 0 Å². The Morgan fingerprint density at radius 2 is 2.45 bits per heavy atom. The third kappa shape index (κ3) is 2.78. The zero-order chi connectivity index (χ0) is 13.9. The van der Waals surface area contributed by atoms with Crippen LogP contribution in [0.2, 0.25) is 5.15 Å². The van der Waals surface area contributed by atoms with Crippen LogP contribution in [0.5, 0.6) is 0 Å². The van der Waals surface area contributed by atoms with Crippen LogP contribution in [0.3, 0.4) is 0 Å². The lowest BCUT2D eigenvalue weighted by Gasteiger charge is -2.08. The van der Waals surface area contributed by atoms with E-state index in [1.807, 2.05) is 24.4 Å². The molecule has 2 aromatic heterocycles. The van der Waals surface area contributed by atoms with E-state index < -0.39 is 0 Å². The number of nitrogens with one attached hydrogen (secondary N) is 1. The molecule has 1 aliphatic heterocycles. The first-order valence-corrected chi connectivity index (χ1v) is 7.11. The van der Waals surface area contributed by atoms with Crippen molar-refractivity contribution in [1.29, 1.82) is 0 Å². The van der Waals surface area contributed by atoms with Crippen LogP contribution < -0.4 is 5.32 Å². The van der Waals surface area contributed by atoms with Crippen LogP contribution >= 0.6 is 11.6 Å². The highest BCUT2D eigenvalue weighted by Crippen LogP contribution is 2.18. The van der Waals surface area contributed by atoms with Gasteiger partial charge in [-0.3, -0.25) is 9.20 Å². The van der Waals surface area contributed by atoms with Crippen molar-refractivity contribution in [1.82, 2.24) is 14.7 Å². The average Bonchev–Trinajstić information content (AvgIpc) is 3.06. The zero-order valence-electron chi connectivity index (χ0n) is 11.0. The highest BCUT2D eigenvalue weighted by atomic mass is 35.5. The van der Waals surface area contributed by atoms with Crippen LogP contribution in [0.15, 0.2) is 24.4 Å². The lowest BCUT2D eigenvalue weighted by atomic mass is 10.2. The number of carbonyl (C=O) groups excluding carboxylic acids is 1. The molecule has 1 N–H and O–H groups in total. The molecule has 0 aromatic carbocycles. The molecule has 5 nitrogen and oxygen atoms in total. The first kappa shape index (κ1) is 13.4. The molecule has 0 radical (unpaired) electrons. The molecule has 1 atom stereocenters. The number of carbonyl (C=O) groups is 1. The van der Waals surface area contributed by atoms with Crippen molar-refractivity contribution in [2.45, 2.75) is 31.9 Å². The summed E-state index contributed by atoms with van der Waals surface area (Å²) in [6, 6.07) is 5.67. The second-order valence-electron chi connectivity index (χ2n) is 4.89. The Kier molecular flexibility index (Phi) is 3.89. The molecule has 0 aliphatic carbocycles. The van der Waals surface area contributed by atoms with E-state index in [4.69, 9.17) is 16.3 Å². The van der Waals surface area contributed by atoms with Crippen molar-refractivity contribution in [2.24, 2.45) is 0 Å². The summed E-state index contributed by atoms with van der Waals surface area (Å²) in [5.41, 5.74) is 1.46. The predicted octanol–water partition coefficient (Wildman–Crippen LogP) is 2.17. The molecule has 1 amide bonds. The molecule has 6 heteroatoms. The average molecular weight is 294 g/mol. The number of nitrogens with zero attached hydrogens (tertiary/aromatic N) is 2. The van der Waals surface area contributed by atoms with Gasteiger partial charge >= 0.3 is 0 Å². The van der Waals surface area contributed by atoms with E-state index in [-0.39, 0.29) is 12.0 Å². The first-order valence-electron chi connectivity index (χ1n) is 6.74. The number of pyridine rings is 1. The molecule has 106 valence electrons. The number of rotatable bonds is 4. The number of imidazole rings is 1. The minimum atomic E-state index is -0.0231. The normalized spacial score (nSPS) is 18.6. The number of hydrogen-bond donors (Lipinski definition) is 1. The molecule has 1 saturated heterocycles. The Morgan fingerprint density at radius 3 is 3.20 bits per heavy atom. The van der Waals surface area contributed by atoms with Crippen LogP contribution in [0.4, 0.5) is 0 Å². The fourth-order valence-electron chi connectivity index (χ4n) is 2.39. The zero-order valence-corrected chi connectivity index (χ0v) is 11.8. The van der Waals surface area contributed by atoms with Crippen LogP contribution in [0.25, 0.3) is 5.65 Å². The van der Waals surface area contributed by atoms with E-state index in [0.717, 1.165) is 25.1 Å². The molecule has 2 aromatic rings. The van der Waals surface area contributed by atoms with Gasteiger partial charge in [-0.2, -0.15) is 0 Å². The Hall–Kier alpha value is -1.59. The SMILES string of the molecule is O=C(CC1CCCO1)NCc1nc2ccccn2c1Cl. The molecule has 1 unspecified atom stereocenters. The Bertz CT molecular complexity index is 620. The van der Waals surface area contributed by atoms with Crippen molar-refractivity contribution in [2.75, 3.05) is 6.61 Å². The number of hydrogen-bond acceptors (Lipinski definition) is 3. The third-order valence-corrected chi connectivity index (χ3v) is 3.83. The fourth-order valence-corrected chi connectivity index (χ4v) is 2.65. The highest BCUT2D eigenvalue weighted by molar-refractivity contribution is 6.30. The molecule has 3 heterocycles.